The average molecular weight is 252 g/mol. The van der Waals surface area contributed by atoms with Crippen LogP contribution < -0.4 is 0 Å². The van der Waals surface area contributed by atoms with Crippen molar-refractivity contribution in [2.75, 3.05) is 6.61 Å². The molecule has 98 valence electrons. The molecule has 0 heterocycles. The Labute approximate surface area is 115 Å². The van der Waals surface area contributed by atoms with E-state index in [2.05, 4.69) is 50.3 Å². The van der Waals surface area contributed by atoms with E-state index in [1.165, 1.54) is 27.8 Å². The van der Waals surface area contributed by atoms with E-state index in [1.807, 2.05) is 18.2 Å². The summed E-state index contributed by atoms with van der Waals surface area (Å²) in [5, 5.41) is 9.06. The smallest absolute Gasteiger partial charge is 0.0465 e. The zero-order chi connectivity index (χ0) is 13.7. The van der Waals surface area contributed by atoms with Crippen LogP contribution in [0.3, 0.4) is 0 Å². The monoisotopic (exact) mass is 252 g/mol. The normalized spacial score (nSPS) is 11.6. The molecule has 0 saturated carbocycles. The molecule has 0 spiro atoms. The molecule has 2 aromatic rings. The van der Waals surface area contributed by atoms with Gasteiger partial charge in [-0.15, -0.1) is 0 Å². The summed E-state index contributed by atoms with van der Waals surface area (Å²) in [6.07, 6.45) is 2.79. The van der Waals surface area contributed by atoms with Gasteiger partial charge in [0, 0.05) is 6.61 Å². The van der Waals surface area contributed by atoms with Crippen molar-refractivity contribution in [3.63, 3.8) is 0 Å². The molecule has 1 heteroatoms. The molecular formula is C18H20O. The first kappa shape index (κ1) is 13.6. The second-order valence-electron chi connectivity index (χ2n) is 4.80. The van der Waals surface area contributed by atoms with Gasteiger partial charge in [-0.1, -0.05) is 54.6 Å². The molecule has 0 aliphatic rings. The molecule has 0 atom stereocenters. The van der Waals surface area contributed by atoms with E-state index < -0.39 is 0 Å². The Morgan fingerprint density at radius 1 is 0.947 bits per heavy atom. The third-order valence-corrected chi connectivity index (χ3v) is 3.38. The first-order valence-electron chi connectivity index (χ1n) is 6.66. The predicted octanol–water partition coefficient (Wildman–Crippen LogP) is 4.12. The molecular weight excluding hydrogens is 232 g/mol. The lowest BCUT2D eigenvalue weighted by Gasteiger charge is -2.11. The maximum Gasteiger partial charge on any atom is 0.0465 e. The number of rotatable bonds is 4. The van der Waals surface area contributed by atoms with Crippen molar-refractivity contribution < 1.29 is 5.11 Å². The molecule has 0 radical (unpaired) electrons. The second-order valence-corrected chi connectivity index (χ2v) is 4.80. The standard InChI is InChI=1S/C18H20O/c1-14-10-11-17(13-15(14)2)18(9-6-12-19)16-7-4-3-5-8-16/h3-5,7-11,13,19H,6,12H2,1-2H3. The van der Waals surface area contributed by atoms with Crippen LogP contribution in [-0.4, -0.2) is 11.7 Å². The van der Waals surface area contributed by atoms with Crippen LogP contribution >= 0.6 is 0 Å². The minimum Gasteiger partial charge on any atom is -0.396 e. The fraction of sp³-hybridized carbons (Fsp3) is 0.222. The molecule has 19 heavy (non-hydrogen) atoms. The van der Waals surface area contributed by atoms with Crippen molar-refractivity contribution in [1.29, 1.82) is 0 Å². The van der Waals surface area contributed by atoms with E-state index in [-0.39, 0.29) is 6.61 Å². The van der Waals surface area contributed by atoms with Gasteiger partial charge in [-0.2, -0.15) is 0 Å². The molecule has 0 aromatic heterocycles. The van der Waals surface area contributed by atoms with E-state index in [1.54, 1.807) is 0 Å². The van der Waals surface area contributed by atoms with Crippen LogP contribution in [0.25, 0.3) is 5.57 Å². The lowest BCUT2D eigenvalue weighted by molar-refractivity contribution is 0.303. The van der Waals surface area contributed by atoms with Gasteiger partial charge in [0.2, 0.25) is 0 Å². The fourth-order valence-electron chi connectivity index (χ4n) is 2.14. The minimum atomic E-state index is 0.182. The van der Waals surface area contributed by atoms with Crippen molar-refractivity contribution in [2.45, 2.75) is 20.3 Å². The summed E-state index contributed by atoms with van der Waals surface area (Å²) >= 11 is 0. The van der Waals surface area contributed by atoms with Crippen LogP contribution in [0.1, 0.15) is 28.7 Å². The highest BCUT2D eigenvalue weighted by molar-refractivity contribution is 5.80. The quantitative estimate of drug-likeness (QED) is 0.868. The summed E-state index contributed by atoms with van der Waals surface area (Å²) in [6.45, 7) is 4.44. The summed E-state index contributed by atoms with van der Waals surface area (Å²) in [5.74, 6) is 0. The predicted molar refractivity (Wildman–Crippen MR) is 81.1 cm³/mol. The first-order valence-corrected chi connectivity index (χ1v) is 6.66. The van der Waals surface area contributed by atoms with Crippen molar-refractivity contribution in [1.82, 2.24) is 0 Å². The van der Waals surface area contributed by atoms with Gasteiger partial charge in [0.05, 0.1) is 0 Å². The summed E-state index contributed by atoms with van der Waals surface area (Å²) in [5.41, 5.74) is 6.20. The summed E-state index contributed by atoms with van der Waals surface area (Å²) in [7, 11) is 0. The maximum absolute atomic E-state index is 9.06. The summed E-state index contributed by atoms with van der Waals surface area (Å²) in [6, 6.07) is 16.8. The number of benzene rings is 2. The Morgan fingerprint density at radius 2 is 1.68 bits per heavy atom. The molecule has 1 nitrogen and oxygen atoms in total. The minimum absolute atomic E-state index is 0.182. The highest BCUT2D eigenvalue weighted by atomic mass is 16.2. The number of aryl methyl sites for hydroxylation is 2. The third-order valence-electron chi connectivity index (χ3n) is 3.38. The van der Waals surface area contributed by atoms with Crippen LogP contribution in [0.2, 0.25) is 0 Å². The van der Waals surface area contributed by atoms with Gasteiger partial charge in [0.15, 0.2) is 0 Å². The molecule has 1 N–H and O–H groups in total. The summed E-state index contributed by atoms with van der Waals surface area (Å²) in [4.78, 5) is 0. The highest BCUT2D eigenvalue weighted by Crippen LogP contribution is 2.25. The number of aliphatic hydroxyl groups excluding tert-OH is 1. The van der Waals surface area contributed by atoms with Crippen LogP contribution in [0.4, 0.5) is 0 Å². The van der Waals surface area contributed by atoms with E-state index in [9.17, 15) is 0 Å². The van der Waals surface area contributed by atoms with Crippen molar-refractivity contribution >= 4 is 5.57 Å². The molecule has 0 amide bonds. The first-order chi connectivity index (χ1) is 9.22. The zero-order valence-electron chi connectivity index (χ0n) is 11.6. The number of hydrogen-bond donors (Lipinski definition) is 1. The Bertz CT molecular complexity index is 567. The van der Waals surface area contributed by atoms with Gasteiger partial charge in [0.25, 0.3) is 0 Å². The van der Waals surface area contributed by atoms with Crippen molar-refractivity contribution in [3.8, 4) is 0 Å². The van der Waals surface area contributed by atoms with Crippen molar-refractivity contribution in [2.24, 2.45) is 0 Å². The van der Waals surface area contributed by atoms with E-state index in [4.69, 9.17) is 5.11 Å². The van der Waals surface area contributed by atoms with Crippen LogP contribution in [0.5, 0.6) is 0 Å². The molecule has 0 aliphatic heterocycles. The molecule has 2 aromatic carbocycles. The van der Waals surface area contributed by atoms with E-state index in [0.29, 0.717) is 6.42 Å². The van der Waals surface area contributed by atoms with Gasteiger partial charge in [-0.25, -0.2) is 0 Å². The molecule has 0 bridgehead atoms. The van der Waals surface area contributed by atoms with Crippen LogP contribution in [-0.2, 0) is 0 Å². The Balaban J connectivity index is 2.46. The maximum atomic E-state index is 9.06. The topological polar surface area (TPSA) is 20.2 Å². The average Bonchev–Trinajstić information content (AvgIpc) is 2.44. The fourth-order valence-corrected chi connectivity index (χ4v) is 2.14. The van der Waals surface area contributed by atoms with E-state index in [0.717, 1.165) is 0 Å². The highest BCUT2D eigenvalue weighted by Gasteiger charge is 2.05. The van der Waals surface area contributed by atoms with Gasteiger partial charge >= 0.3 is 0 Å². The third kappa shape index (κ3) is 3.33. The van der Waals surface area contributed by atoms with Gasteiger partial charge in [-0.3, -0.25) is 0 Å². The number of hydrogen-bond acceptors (Lipinski definition) is 1. The SMILES string of the molecule is Cc1ccc(C(=CCCO)c2ccccc2)cc1C. The second kappa shape index (κ2) is 6.35. The van der Waals surface area contributed by atoms with Crippen LogP contribution in [0.15, 0.2) is 54.6 Å². The Kier molecular flexibility index (Phi) is 4.53. The Hall–Kier alpha value is -1.86. The van der Waals surface area contributed by atoms with Crippen LogP contribution in [0, 0.1) is 13.8 Å². The molecule has 0 saturated heterocycles. The zero-order valence-corrected chi connectivity index (χ0v) is 11.6. The lowest BCUT2D eigenvalue weighted by atomic mass is 9.94. The molecule has 0 aliphatic carbocycles. The molecule has 0 unspecified atom stereocenters. The summed E-state index contributed by atoms with van der Waals surface area (Å²) < 4.78 is 0. The van der Waals surface area contributed by atoms with Crippen molar-refractivity contribution in [3.05, 3.63) is 76.9 Å². The van der Waals surface area contributed by atoms with Gasteiger partial charge < -0.3 is 5.11 Å². The van der Waals surface area contributed by atoms with Gasteiger partial charge in [-0.05, 0) is 48.1 Å². The van der Waals surface area contributed by atoms with E-state index >= 15 is 0 Å². The lowest BCUT2D eigenvalue weighted by Crippen LogP contribution is -1.91. The largest absolute Gasteiger partial charge is 0.396 e. The number of aliphatic hydroxyl groups is 1. The van der Waals surface area contributed by atoms with Gasteiger partial charge in [0.1, 0.15) is 0 Å². The Morgan fingerprint density at radius 3 is 2.32 bits per heavy atom. The molecule has 2 rings (SSSR count). The molecule has 0 fully saturated rings.